The van der Waals surface area contributed by atoms with E-state index in [1.807, 2.05) is 0 Å². The highest BCUT2D eigenvalue weighted by atomic mass is 16.6. The van der Waals surface area contributed by atoms with Crippen molar-refractivity contribution in [1.29, 1.82) is 0 Å². The number of aliphatic hydroxyl groups excluding tert-OH is 1. The highest BCUT2D eigenvalue weighted by Gasteiger charge is 2.33. The number of nitrogens with zero attached hydrogens (tertiary/aromatic N) is 2. The summed E-state index contributed by atoms with van der Waals surface area (Å²) < 4.78 is 0. The Morgan fingerprint density at radius 1 is 1.48 bits per heavy atom. The summed E-state index contributed by atoms with van der Waals surface area (Å²) >= 11 is 0. The highest BCUT2D eigenvalue weighted by Crippen LogP contribution is 2.37. The number of anilines is 1. The third-order valence-corrected chi connectivity index (χ3v) is 3.95. The molecule has 2 rings (SSSR count). The van der Waals surface area contributed by atoms with Gasteiger partial charge in [-0.25, -0.2) is 9.78 Å². The van der Waals surface area contributed by atoms with Crippen molar-refractivity contribution < 1.29 is 19.9 Å². The molecule has 1 aliphatic rings. The molecule has 1 fully saturated rings. The molecule has 1 heterocycles. The van der Waals surface area contributed by atoms with E-state index in [2.05, 4.69) is 10.3 Å². The molecule has 1 aliphatic carbocycles. The monoisotopic (exact) mass is 295 g/mol. The molecule has 0 saturated heterocycles. The maximum absolute atomic E-state index is 11.1. The van der Waals surface area contributed by atoms with Crippen molar-refractivity contribution in [3.63, 3.8) is 0 Å². The molecule has 3 N–H and O–H groups in total. The first-order chi connectivity index (χ1) is 9.97. The second-order valence-corrected chi connectivity index (χ2v) is 5.37. The van der Waals surface area contributed by atoms with E-state index in [9.17, 15) is 20.0 Å². The Morgan fingerprint density at radius 3 is 2.67 bits per heavy atom. The number of aromatic carboxylic acids is 1. The van der Waals surface area contributed by atoms with Crippen LogP contribution in [0.3, 0.4) is 0 Å². The molecule has 0 unspecified atom stereocenters. The van der Waals surface area contributed by atoms with Crippen molar-refractivity contribution in [1.82, 2.24) is 4.98 Å². The van der Waals surface area contributed by atoms with Crippen molar-refractivity contribution in [2.75, 3.05) is 18.5 Å². The summed E-state index contributed by atoms with van der Waals surface area (Å²) in [5, 5.41) is 32.3. The van der Waals surface area contributed by atoms with Gasteiger partial charge in [0, 0.05) is 18.0 Å². The van der Waals surface area contributed by atoms with Gasteiger partial charge in [-0.05, 0) is 12.8 Å². The molecule has 0 aromatic carbocycles. The highest BCUT2D eigenvalue weighted by molar-refractivity contribution is 5.93. The number of pyridine rings is 1. The fraction of sp³-hybridized carbons (Fsp3) is 0.538. The van der Waals surface area contributed by atoms with Crippen LogP contribution in [0, 0.1) is 15.5 Å². The van der Waals surface area contributed by atoms with Gasteiger partial charge in [-0.2, -0.15) is 0 Å². The van der Waals surface area contributed by atoms with Crippen LogP contribution in [0.4, 0.5) is 11.5 Å². The fourth-order valence-corrected chi connectivity index (χ4v) is 2.66. The average molecular weight is 295 g/mol. The quantitative estimate of drug-likeness (QED) is 0.538. The van der Waals surface area contributed by atoms with Crippen molar-refractivity contribution in [2.45, 2.75) is 25.7 Å². The van der Waals surface area contributed by atoms with Crippen molar-refractivity contribution in [3.8, 4) is 0 Å². The van der Waals surface area contributed by atoms with Gasteiger partial charge >= 0.3 is 11.7 Å². The maximum Gasteiger partial charge on any atom is 0.342 e. The third-order valence-electron chi connectivity index (χ3n) is 3.95. The molecule has 21 heavy (non-hydrogen) atoms. The molecule has 1 aromatic rings. The van der Waals surface area contributed by atoms with Crippen LogP contribution in [0.5, 0.6) is 0 Å². The zero-order valence-electron chi connectivity index (χ0n) is 11.4. The number of carboxylic acid groups (broad SMARTS) is 1. The van der Waals surface area contributed by atoms with Crippen LogP contribution >= 0.6 is 0 Å². The molecule has 0 bridgehead atoms. The number of carbonyl (C=O) groups is 1. The van der Waals surface area contributed by atoms with Crippen LogP contribution in [0.1, 0.15) is 36.0 Å². The van der Waals surface area contributed by atoms with E-state index in [0.29, 0.717) is 6.54 Å². The number of aromatic nitrogens is 1. The van der Waals surface area contributed by atoms with E-state index < -0.39 is 22.1 Å². The lowest BCUT2D eigenvalue weighted by molar-refractivity contribution is -0.385. The van der Waals surface area contributed by atoms with Crippen LogP contribution in [0.25, 0.3) is 0 Å². The first kappa shape index (κ1) is 15.2. The fourth-order valence-electron chi connectivity index (χ4n) is 2.66. The summed E-state index contributed by atoms with van der Waals surface area (Å²) in [6.07, 6.45) is 4.84. The Morgan fingerprint density at radius 2 is 2.14 bits per heavy atom. The first-order valence-corrected chi connectivity index (χ1v) is 6.70. The summed E-state index contributed by atoms with van der Waals surface area (Å²) in [6.45, 7) is 0.520. The maximum atomic E-state index is 11.1. The van der Waals surface area contributed by atoms with E-state index >= 15 is 0 Å². The predicted molar refractivity (Wildman–Crippen MR) is 74.3 cm³/mol. The number of nitro groups is 1. The number of hydrogen-bond donors (Lipinski definition) is 3. The molecule has 114 valence electrons. The Kier molecular flexibility index (Phi) is 4.37. The van der Waals surface area contributed by atoms with Crippen molar-refractivity contribution >= 4 is 17.5 Å². The predicted octanol–water partition coefficient (Wildman–Crippen LogP) is 1.65. The largest absolute Gasteiger partial charge is 0.477 e. The normalized spacial score (nSPS) is 16.6. The Balaban J connectivity index is 2.15. The Bertz CT molecular complexity index is 555. The number of nitrogens with one attached hydrogen (secondary N) is 1. The standard InChI is InChI=1S/C13H17N3O5/c17-8-13(3-1-2-4-13)7-15-11-5-9(12(18)19)10(6-14-11)16(20)21/h5-6,17H,1-4,7-8H2,(H,14,15)(H,18,19). The number of aliphatic hydroxyl groups is 1. The second kappa shape index (κ2) is 6.04. The van der Waals surface area contributed by atoms with Gasteiger partial charge in [-0.1, -0.05) is 12.8 Å². The lowest BCUT2D eigenvalue weighted by atomic mass is 9.87. The summed E-state index contributed by atoms with van der Waals surface area (Å²) in [4.78, 5) is 24.9. The van der Waals surface area contributed by atoms with Crippen LogP contribution in [-0.4, -0.2) is 39.2 Å². The van der Waals surface area contributed by atoms with Crippen LogP contribution < -0.4 is 5.32 Å². The zero-order valence-corrected chi connectivity index (χ0v) is 11.4. The molecular weight excluding hydrogens is 278 g/mol. The van der Waals surface area contributed by atoms with E-state index in [1.54, 1.807) is 0 Å². The third kappa shape index (κ3) is 3.27. The van der Waals surface area contributed by atoms with Crippen LogP contribution in [0.2, 0.25) is 0 Å². The molecule has 1 saturated carbocycles. The van der Waals surface area contributed by atoms with Gasteiger partial charge in [-0.3, -0.25) is 10.1 Å². The topological polar surface area (TPSA) is 126 Å². The van der Waals surface area contributed by atoms with Crippen LogP contribution in [0.15, 0.2) is 12.3 Å². The number of carboxylic acids is 1. The molecular formula is C13H17N3O5. The minimum absolute atomic E-state index is 0.0543. The number of hydrogen-bond acceptors (Lipinski definition) is 6. The minimum Gasteiger partial charge on any atom is -0.477 e. The molecule has 8 heteroatoms. The molecule has 0 aliphatic heterocycles. The lowest BCUT2D eigenvalue weighted by Gasteiger charge is -2.26. The second-order valence-electron chi connectivity index (χ2n) is 5.37. The van der Waals surface area contributed by atoms with E-state index in [4.69, 9.17) is 5.11 Å². The van der Waals surface area contributed by atoms with Crippen molar-refractivity contribution in [3.05, 3.63) is 27.9 Å². The summed E-state index contributed by atoms with van der Waals surface area (Å²) in [7, 11) is 0. The summed E-state index contributed by atoms with van der Waals surface area (Å²) in [5.74, 6) is -1.11. The van der Waals surface area contributed by atoms with Gasteiger partial charge < -0.3 is 15.5 Å². The lowest BCUT2D eigenvalue weighted by Crippen LogP contribution is -2.30. The molecule has 0 radical (unpaired) electrons. The minimum atomic E-state index is -1.37. The molecule has 8 nitrogen and oxygen atoms in total. The van der Waals surface area contributed by atoms with Gasteiger partial charge in [-0.15, -0.1) is 0 Å². The number of rotatable bonds is 6. The van der Waals surface area contributed by atoms with E-state index in [1.165, 1.54) is 0 Å². The molecule has 1 aromatic heterocycles. The average Bonchev–Trinajstić information content (AvgIpc) is 2.94. The Hall–Kier alpha value is -2.22. The SMILES string of the molecule is O=C(O)c1cc(NCC2(CO)CCCC2)ncc1[N+](=O)[O-]. The summed E-state index contributed by atoms with van der Waals surface area (Å²) in [6, 6.07) is 1.15. The van der Waals surface area contributed by atoms with Gasteiger partial charge in [0.05, 0.1) is 11.5 Å². The van der Waals surface area contributed by atoms with Gasteiger partial charge in [0.1, 0.15) is 17.6 Å². The summed E-state index contributed by atoms with van der Waals surface area (Å²) in [5.41, 5.74) is -1.15. The zero-order chi connectivity index (χ0) is 15.5. The van der Waals surface area contributed by atoms with Gasteiger partial charge in [0.15, 0.2) is 0 Å². The van der Waals surface area contributed by atoms with Crippen LogP contribution in [-0.2, 0) is 0 Å². The van der Waals surface area contributed by atoms with Crippen molar-refractivity contribution in [2.24, 2.45) is 5.41 Å². The van der Waals surface area contributed by atoms with E-state index in [0.717, 1.165) is 37.9 Å². The van der Waals surface area contributed by atoms with E-state index in [-0.39, 0.29) is 17.8 Å². The van der Waals surface area contributed by atoms with Gasteiger partial charge in [0.2, 0.25) is 0 Å². The van der Waals surface area contributed by atoms with Gasteiger partial charge in [0.25, 0.3) is 0 Å². The molecule has 0 amide bonds. The first-order valence-electron chi connectivity index (χ1n) is 6.70. The molecule has 0 atom stereocenters. The Labute approximate surface area is 121 Å². The smallest absolute Gasteiger partial charge is 0.342 e. The molecule has 0 spiro atoms.